The predicted molar refractivity (Wildman–Crippen MR) is 520 cm³/mol. The van der Waals surface area contributed by atoms with E-state index in [0.717, 1.165) is 89.1 Å². The lowest BCUT2D eigenvalue weighted by Crippen LogP contribution is -2.16. The van der Waals surface area contributed by atoms with Crippen molar-refractivity contribution in [3.05, 3.63) is 465 Å². The Morgan fingerprint density at radius 1 is 0.304 bits per heavy atom. The monoisotopic (exact) mass is 1910 g/mol. The summed E-state index contributed by atoms with van der Waals surface area (Å²) in [6, 6.07) is 89.5. The first kappa shape index (κ1) is 110. The minimum absolute atomic E-state index is 0.0615. The highest BCUT2D eigenvalue weighted by atomic mass is 19.4. The SMILES string of the molecule is CNCCC(Oc1ccc(C(F)(F)F)cc1)c1ccccc1.CNCCC(c1cccc(F)c1)c1ccc(O)c(F)c1.CNCCC(c1cccc(F)c1)c1ccc(OC)c(F)c1.COc1ccc(/C(=C\CN)c2cccc(F)c2)cc1F.NCCC(c1cccc(F)c1)c1ccc(O)c(F)c1.NCC[C@@H](Oc1cccc(F)c1)c1ccccc1.NCC[C@H](Oc1cccc(F)c1)c1ccccc1. The molecule has 138 heavy (non-hydrogen) atoms. The van der Waals surface area contributed by atoms with Crippen LogP contribution < -0.4 is 62.6 Å². The van der Waals surface area contributed by atoms with Crippen LogP contribution in [0.3, 0.4) is 0 Å². The average Bonchev–Trinajstić information content (AvgIpc) is 0.836. The van der Waals surface area contributed by atoms with Crippen LogP contribution in [0.4, 0.5) is 57.1 Å². The van der Waals surface area contributed by atoms with Crippen LogP contribution in [0, 0.1) is 58.2 Å². The molecule has 6 atom stereocenters. The van der Waals surface area contributed by atoms with Gasteiger partial charge in [-0.1, -0.05) is 182 Å². The van der Waals surface area contributed by atoms with E-state index in [4.69, 9.17) is 46.6 Å². The molecule has 0 aliphatic carbocycles. The molecule has 13 N–H and O–H groups in total. The second kappa shape index (κ2) is 58.6. The summed E-state index contributed by atoms with van der Waals surface area (Å²) in [4.78, 5) is 0. The van der Waals surface area contributed by atoms with Crippen molar-refractivity contribution < 1.29 is 91.0 Å². The van der Waals surface area contributed by atoms with E-state index in [2.05, 4.69) is 16.0 Å². The van der Waals surface area contributed by atoms with E-state index in [-0.39, 0.29) is 94.8 Å². The van der Waals surface area contributed by atoms with Crippen LogP contribution in [0.25, 0.3) is 5.57 Å². The molecule has 0 fully saturated rings. The quantitative estimate of drug-likeness (QED) is 0.0169. The molecule has 4 unspecified atom stereocenters. The van der Waals surface area contributed by atoms with E-state index in [1.165, 1.54) is 142 Å². The zero-order valence-electron chi connectivity index (χ0n) is 77.1. The number of phenols is 2. The largest absolute Gasteiger partial charge is 0.505 e. The van der Waals surface area contributed by atoms with Gasteiger partial charge in [0.2, 0.25) is 0 Å². The molecule has 27 heteroatoms. The number of ether oxygens (including phenoxy) is 5. The Balaban J connectivity index is 0.000000198. The smallest absolute Gasteiger partial charge is 0.416 e. The summed E-state index contributed by atoms with van der Waals surface area (Å²) >= 11 is 0. The summed E-state index contributed by atoms with van der Waals surface area (Å²) in [5.74, 6) is -3.36. The highest BCUT2D eigenvalue weighted by Crippen LogP contribution is 2.38. The number of nitrogens with two attached hydrogens (primary N) is 4. The fourth-order valence-corrected chi connectivity index (χ4v) is 14.6. The van der Waals surface area contributed by atoms with Crippen molar-refractivity contribution in [3.63, 3.8) is 0 Å². The minimum atomic E-state index is -4.33. The van der Waals surface area contributed by atoms with Gasteiger partial charge in [-0.05, 0) is 292 Å². The van der Waals surface area contributed by atoms with E-state index in [1.807, 2.05) is 130 Å². The maximum absolute atomic E-state index is 13.9. The topological polar surface area (TPSA) is 227 Å². The highest BCUT2D eigenvalue weighted by Gasteiger charge is 2.31. The van der Waals surface area contributed by atoms with Crippen molar-refractivity contribution in [2.24, 2.45) is 22.9 Å². The van der Waals surface area contributed by atoms with E-state index >= 15 is 0 Å². The Kier molecular flexibility index (Phi) is 46.5. The number of halogens is 13. The van der Waals surface area contributed by atoms with Crippen LogP contribution in [-0.4, -0.2) is 91.4 Å². The lowest BCUT2D eigenvalue weighted by molar-refractivity contribution is -0.137. The van der Waals surface area contributed by atoms with Crippen LogP contribution in [0.15, 0.2) is 340 Å². The number of hydrogen-bond acceptors (Lipinski definition) is 14. The van der Waals surface area contributed by atoms with Crippen LogP contribution in [-0.2, 0) is 6.18 Å². The molecule has 0 heterocycles. The minimum Gasteiger partial charge on any atom is -0.505 e. The molecule has 728 valence electrons. The van der Waals surface area contributed by atoms with E-state index in [9.17, 15) is 67.3 Å². The molecule has 14 aromatic carbocycles. The summed E-state index contributed by atoms with van der Waals surface area (Å²) in [6.45, 7) is 3.96. The summed E-state index contributed by atoms with van der Waals surface area (Å²) in [7, 11) is 8.38. The molecule has 0 saturated carbocycles. The van der Waals surface area contributed by atoms with Crippen molar-refractivity contribution in [2.75, 3.05) is 81.2 Å². The van der Waals surface area contributed by atoms with Crippen molar-refractivity contribution in [3.8, 4) is 40.2 Å². The third kappa shape index (κ3) is 36.4. The fourth-order valence-electron chi connectivity index (χ4n) is 14.6. The number of methoxy groups -OCH3 is 2. The molecule has 0 aliphatic heterocycles. The first-order chi connectivity index (χ1) is 66.6. The molecule has 0 radical (unpaired) electrons. The van der Waals surface area contributed by atoms with Gasteiger partial charge in [-0.15, -0.1) is 0 Å². The first-order valence-electron chi connectivity index (χ1n) is 44.6. The summed E-state index contributed by atoms with van der Waals surface area (Å²) in [6.07, 6.45) is 1.08. The zero-order chi connectivity index (χ0) is 99.7. The molecule has 0 saturated heterocycles. The number of benzene rings is 14. The summed E-state index contributed by atoms with van der Waals surface area (Å²) in [5.41, 5.74) is 31.3. The Morgan fingerprint density at radius 2 is 0.623 bits per heavy atom. The third-order valence-electron chi connectivity index (χ3n) is 21.5. The lowest BCUT2D eigenvalue weighted by Gasteiger charge is -2.20. The first-order valence-corrected chi connectivity index (χ1v) is 44.6. The van der Waals surface area contributed by atoms with Crippen molar-refractivity contribution in [1.29, 1.82) is 0 Å². The highest BCUT2D eigenvalue weighted by molar-refractivity contribution is 5.80. The molecule has 0 bridgehead atoms. The van der Waals surface area contributed by atoms with Crippen molar-refractivity contribution in [1.82, 2.24) is 16.0 Å². The van der Waals surface area contributed by atoms with Gasteiger partial charge in [-0.25, -0.2) is 43.9 Å². The summed E-state index contributed by atoms with van der Waals surface area (Å²) < 4.78 is 199. The van der Waals surface area contributed by atoms with Gasteiger partial charge in [0.15, 0.2) is 46.3 Å². The number of hydrogen-bond donors (Lipinski definition) is 9. The standard InChI is InChI=1S/C17H18F3NO.C17H19F2NO.C16H15F2NO.C16H17F2NO.C15H15F2NO.2C15H16FNO/c1-21-12-11-16(13-5-3-2-4-6-13)22-15-9-7-14(8-10-15)17(18,19)20;1-20-9-8-15(12-4-3-5-14(18)10-12)13-6-7-17(21-2)16(19)11-13;1-20-16-6-5-12(10-15(16)18)14(7-8-19)11-3-2-4-13(17)9-11;1-19-8-7-14(11-3-2-4-13(17)9-11)12-5-6-16(20)15(18)10-12;16-12-3-1-2-10(8-12)13(6-7-18)11-4-5-15(19)14(17)9-11;2*16-13-7-4-8-14(11-13)18-15(9-10-17)12-5-2-1-3-6-12/h2-10,16,21H,11-12H2,1H3;3-7,10-11,15,20H,8-9H2,1-2H3;2-7,9-10H,8,19H2,1H3;2-6,9-10,14,19-20H,7-8H2,1H3;1-5,8-9,13,19H,6-7,18H2;2*1-8,11,15H,9-10,17H2/b;;14-7-;;;;/t;;;;;2*15-/m.....10/s1. The number of rotatable bonds is 35. The van der Waals surface area contributed by atoms with Gasteiger partial charge in [0.25, 0.3) is 0 Å². The molecule has 14 nitrogen and oxygen atoms in total. The Bertz CT molecular complexity index is 5870. The molecular weight excluding hydrogens is 1790 g/mol. The Hall–Kier alpha value is -13.8. The number of nitrogens with one attached hydrogen (secondary N) is 3. The maximum atomic E-state index is 13.9. The molecule has 14 aromatic rings. The van der Waals surface area contributed by atoms with Crippen LogP contribution in [0.1, 0.15) is 141 Å². The van der Waals surface area contributed by atoms with Gasteiger partial charge < -0.3 is 72.8 Å². The second-order valence-corrected chi connectivity index (χ2v) is 31.2. The number of aromatic hydroxyl groups is 2. The lowest BCUT2D eigenvalue weighted by atomic mass is 9.88. The Labute approximate surface area is 798 Å². The maximum Gasteiger partial charge on any atom is 0.416 e. The molecule has 0 aromatic heterocycles. The van der Waals surface area contributed by atoms with Crippen molar-refractivity contribution in [2.45, 2.75) is 80.8 Å². The zero-order valence-corrected chi connectivity index (χ0v) is 77.1. The molecule has 0 aliphatic rings. The molecule has 0 spiro atoms. The van der Waals surface area contributed by atoms with Gasteiger partial charge in [-0.3, -0.25) is 0 Å². The Morgan fingerprint density at radius 3 is 0.971 bits per heavy atom. The van der Waals surface area contributed by atoms with Gasteiger partial charge >= 0.3 is 6.18 Å². The van der Waals surface area contributed by atoms with Gasteiger partial charge in [0, 0.05) is 55.7 Å². The van der Waals surface area contributed by atoms with Crippen LogP contribution in [0.2, 0.25) is 0 Å². The average molecular weight is 1910 g/mol. The molecule has 14 rings (SSSR count). The van der Waals surface area contributed by atoms with E-state index < -0.39 is 40.8 Å². The number of phenolic OH excluding ortho intramolecular Hbond substituents is 2. The van der Waals surface area contributed by atoms with Gasteiger partial charge in [-0.2, -0.15) is 13.2 Å². The fraction of sp³-hybridized carbons (Fsp3) is 0.225. The van der Waals surface area contributed by atoms with E-state index in [0.29, 0.717) is 84.8 Å². The van der Waals surface area contributed by atoms with Crippen molar-refractivity contribution >= 4 is 5.57 Å². The molecular formula is C111H116F13N7O7. The normalized spacial score (nSPS) is 12.2. The van der Waals surface area contributed by atoms with Gasteiger partial charge in [0.05, 0.1) is 19.8 Å². The number of alkyl halides is 3. The van der Waals surface area contributed by atoms with Crippen LogP contribution >= 0.6 is 0 Å². The third-order valence-corrected chi connectivity index (χ3v) is 21.5. The van der Waals surface area contributed by atoms with E-state index in [1.54, 1.807) is 91.0 Å². The molecule has 0 amide bonds. The summed E-state index contributed by atoms with van der Waals surface area (Å²) in [5, 5.41) is 27.7. The van der Waals surface area contributed by atoms with Crippen LogP contribution in [0.5, 0.6) is 40.2 Å². The second-order valence-electron chi connectivity index (χ2n) is 31.2. The predicted octanol–water partition coefficient (Wildman–Crippen LogP) is 24.7. The van der Waals surface area contributed by atoms with Gasteiger partial charge in [0.1, 0.15) is 70.5 Å².